The second kappa shape index (κ2) is 10.2. The summed E-state index contributed by atoms with van der Waals surface area (Å²) in [5, 5.41) is 69.5. The summed E-state index contributed by atoms with van der Waals surface area (Å²) in [7, 11) is 0. The minimum atomic E-state index is -1.86. The molecule has 2 unspecified atom stereocenters. The molecule has 11 nitrogen and oxygen atoms in total. The van der Waals surface area contributed by atoms with Gasteiger partial charge < -0.3 is 54.7 Å². The van der Waals surface area contributed by atoms with Gasteiger partial charge in [0.1, 0.15) is 36.1 Å². The first-order valence-corrected chi connectivity index (χ1v) is 9.77. The minimum absolute atomic E-state index is 0.0159. The van der Waals surface area contributed by atoms with Crippen molar-refractivity contribution >= 4 is 0 Å². The number of rotatable bonds is 9. The quantitative estimate of drug-likeness (QED) is 0.201. The normalized spacial score (nSPS) is 42.9. The molecule has 2 aliphatic heterocycles. The van der Waals surface area contributed by atoms with Gasteiger partial charge in [-0.05, 0) is 19.3 Å². The zero-order valence-electron chi connectivity index (χ0n) is 16.9. The Morgan fingerprint density at radius 3 is 2.24 bits per heavy atom. The first-order valence-electron chi connectivity index (χ1n) is 9.77. The third-order valence-corrected chi connectivity index (χ3v) is 5.38. The van der Waals surface area contributed by atoms with E-state index in [1.807, 2.05) is 13.8 Å². The van der Waals surface area contributed by atoms with Crippen LogP contribution in [-0.4, -0.2) is 116 Å². The molecule has 11 heteroatoms. The Morgan fingerprint density at radius 2 is 1.69 bits per heavy atom. The number of aliphatic hydroxyl groups excluding tert-OH is 6. The first kappa shape index (κ1) is 24.8. The van der Waals surface area contributed by atoms with Gasteiger partial charge in [-0.25, -0.2) is 0 Å². The molecule has 2 saturated heterocycles. The maximum Gasteiger partial charge on any atom is 0.186 e. The van der Waals surface area contributed by atoms with Crippen molar-refractivity contribution in [2.75, 3.05) is 19.8 Å². The van der Waals surface area contributed by atoms with E-state index in [-0.39, 0.29) is 25.6 Å². The summed E-state index contributed by atoms with van der Waals surface area (Å²) >= 11 is 0. The van der Waals surface area contributed by atoms with Gasteiger partial charge in [-0.1, -0.05) is 13.8 Å². The predicted molar refractivity (Wildman–Crippen MR) is 96.4 cm³/mol. The molecule has 0 aromatic carbocycles. The Morgan fingerprint density at radius 1 is 1.03 bits per heavy atom. The van der Waals surface area contributed by atoms with Crippen molar-refractivity contribution in [3.05, 3.63) is 0 Å². The van der Waals surface area contributed by atoms with Crippen molar-refractivity contribution in [3.63, 3.8) is 0 Å². The van der Waals surface area contributed by atoms with Gasteiger partial charge in [-0.3, -0.25) is 0 Å². The van der Waals surface area contributed by atoms with E-state index < -0.39 is 67.5 Å². The average molecular weight is 426 g/mol. The Labute approximate surface area is 169 Å². The summed E-state index contributed by atoms with van der Waals surface area (Å²) in [5.41, 5.74) is -1.86. The fraction of sp³-hybridized carbons (Fsp3) is 1.00. The predicted octanol–water partition coefficient (Wildman–Crippen LogP) is -2.94. The summed E-state index contributed by atoms with van der Waals surface area (Å²) in [6.45, 7) is 3.98. The molecule has 172 valence electrons. The summed E-state index contributed by atoms with van der Waals surface area (Å²) < 4.78 is 21.6. The van der Waals surface area contributed by atoms with Gasteiger partial charge in [0.15, 0.2) is 12.6 Å². The van der Waals surface area contributed by atoms with E-state index in [1.165, 1.54) is 0 Å². The van der Waals surface area contributed by atoms with Crippen LogP contribution >= 0.6 is 0 Å². The molecule has 2 rings (SSSR count). The number of hydrogen-bond donors (Lipinski definition) is 7. The number of aliphatic hydroxyl groups is 7. The Hall–Kier alpha value is -0.440. The number of ether oxygens (including phenoxy) is 4. The first-order chi connectivity index (χ1) is 13.5. The van der Waals surface area contributed by atoms with Crippen LogP contribution in [0.2, 0.25) is 0 Å². The van der Waals surface area contributed by atoms with Gasteiger partial charge in [0.2, 0.25) is 0 Å². The average Bonchev–Trinajstić information content (AvgIpc) is 2.96. The molecule has 0 aromatic heterocycles. The molecule has 2 aliphatic rings. The van der Waals surface area contributed by atoms with Gasteiger partial charge in [0.05, 0.1) is 32.0 Å². The van der Waals surface area contributed by atoms with Crippen molar-refractivity contribution in [2.45, 2.75) is 88.1 Å². The van der Waals surface area contributed by atoms with Gasteiger partial charge in [0.25, 0.3) is 0 Å². The van der Waals surface area contributed by atoms with Crippen molar-refractivity contribution in [1.82, 2.24) is 0 Å². The molecular formula is C18H34O11. The van der Waals surface area contributed by atoms with Crippen LogP contribution in [0.25, 0.3) is 0 Å². The molecule has 29 heavy (non-hydrogen) atoms. The van der Waals surface area contributed by atoms with E-state index >= 15 is 0 Å². The molecule has 0 spiro atoms. The lowest BCUT2D eigenvalue weighted by molar-refractivity contribution is -0.318. The fourth-order valence-corrected chi connectivity index (χ4v) is 3.19. The second-order valence-electron chi connectivity index (χ2n) is 8.23. The Kier molecular flexibility index (Phi) is 8.77. The van der Waals surface area contributed by atoms with Crippen LogP contribution in [0.15, 0.2) is 0 Å². The highest BCUT2D eigenvalue weighted by Gasteiger charge is 2.50. The van der Waals surface area contributed by atoms with Crippen LogP contribution in [0.5, 0.6) is 0 Å². The third-order valence-electron chi connectivity index (χ3n) is 5.38. The van der Waals surface area contributed by atoms with Crippen LogP contribution in [-0.2, 0) is 18.9 Å². The highest BCUT2D eigenvalue weighted by molar-refractivity contribution is 4.94. The lowest BCUT2D eigenvalue weighted by Crippen LogP contribution is -2.60. The molecule has 0 bridgehead atoms. The number of hydrogen-bond acceptors (Lipinski definition) is 11. The third kappa shape index (κ3) is 5.83. The maximum atomic E-state index is 10.2. The van der Waals surface area contributed by atoms with Gasteiger partial charge in [-0.2, -0.15) is 0 Å². The van der Waals surface area contributed by atoms with Crippen LogP contribution in [0.3, 0.4) is 0 Å². The summed E-state index contributed by atoms with van der Waals surface area (Å²) in [6.07, 6.45) is -10.6. The van der Waals surface area contributed by atoms with Crippen molar-refractivity contribution in [1.29, 1.82) is 0 Å². The summed E-state index contributed by atoms with van der Waals surface area (Å²) in [5.74, 6) is 0.0159. The Bertz CT molecular complexity index is 506. The zero-order chi connectivity index (χ0) is 21.9. The highest BCUT2D eigenvalue weighted by Crippen LogP contribution is 2.28. The highest BCUT2D eigenvalue weighted by atomic mass is 16.7. The standard InChI is InChI=1S/C18H34O11/c1-8(2)10(20)4-9(3)28-16-14(23)13(22)12(21)11(29-16)5-26-17-15(24)18(25,6-19)7-27-17/h8-17,19-25H,4-7H2,1-3H3/t9?,10?,11-,12-,13+,14-,15+,16-,17-,18-/m1/s1. The maximum absolute atomic E-state index is 10.2. The minimum Gasteiger partial charge on any atom is -0.393 e. The van der Waals surface area contributed by atoms with Crippen LogP contribution < -0.4 is 0 Å². The van der Waals surface area contributed by atoms with E-state index in [0.29, 0.717) is 0 Å². The van der Waals surface area contributed by atoms with Crippen LogP contribution in [0.4, 0.5) is 0 Å². The van der Waals surface area contributed by atoms with E-state index in [4.69, 9.17) is 24.1 Å². The monoisotopic (exact) mass is 426 g/mol. The molecule has 0 saturated carbocycles. The van der Waals surface area contributed by atoms with Crippen molar-refractivity contribution in [2.24, 2.45) is 5.92 Å². The molecule has 0 aromatic rings. The van der Waals surface area contributed by atoms with E-state index in [0.717, 1.165) is 0 Å². The smallest absolute Gasteiger partial charge is 0.186 e. The summed E-state index contributed by atoms with van der Waals surface area (Å²) in [4.78, 5) is 0. The second-order valence-corrected chi connectivity index (χ2v) is 8.23. The van der Waals surface area contributed by atoms with E-state index in [2.05, 4.69) is 0 Å². The lowest BCUT2D eigenvalue weighted by atomic mass is 9.98. The fourth-order valence-electron chi connectivity index (χ4n) is 3.19. The Balaban J connectivity index is 1.93. The molecule has 10 atom stereocenters. The topological polar surface area (TPSA) is 179 Å². The van der Waals surface area contributed by atoms with Crippen molar-refractivity contribution in [3.8, 4) is 0 Å². The molecular weight excluding hydrogens is 392 g/mol. The van der Waals surface area contributed by atoms with Crippen molar-refractivity contribution < 1.29 is 54.7 Å². The largest absolute Gasteiger partial charge is 0.393 e. The molecule has 0 radical (unpaired) electrons. The summed E-state index contributed by atoms with van der Waals surface area (Å²) in [6, 6.07) is 0. The zero-order valence-corrected chi connectivity index (χ0v) is 16.9. The molecule has 2 fully saturated rings. The van der Waals surface area contributed by atoms with E-state index in [1.54, 1.807) is 6.92 Å². The molecule has 0 amide bonds. The SMILES string of the molecule is CC(CC(O)C(C)C)O[C@@H]1O[C@H](CO[C@@H]2OC[C@](O)(CO)[C@H]2O)[C@@H](O)[C@H](O)[C@H]1O. The van der Waals surface area contributed by atoms with Gasteiger partial charge in [0, 0.05) is 0 Å². The van der Waals surface area contributed by atoms with Crippen LogP contribution in [0, 0.1) is 5.92 Å². The van der Waals surface area contributed by atoms with Crippen LogP contribution in [0.1, 0.15) is 27.2 Å². The molecule has 7 N–H and O–H groups in total. The molecule has 2 heterocycles. The van der Waals surface area contributed by atoms with E-state index in [9.17, 15) is 30.6 Å². The van der Waals surface area contributed by atoms with Gasteiger partial charge in [-0.15, -0.1) is 0 Å². The lowest BCUT2D eigenvalue weighted by Gasteiger charge is -2.41. The van der Waals surface area contributed by atoms with Gasteiger partial charge >= 0.3 is 0 Å². The molecule has 0 aliphatic carbocycles.